The predicted octanol–water partition coefficient (Wildman–Crippen LogP) is 2.60. The Morgan fingerprint density at radius 2 is 1.91 bits per heavy atom. The summed E-state index contributed by atoms with van der Waals surface area (Å²) in [5.41, 5.74) is 0.463. The highest BCUT2D eigenvalue weighted by Crippen LogP contribution is 2.45. The molecule has 1 aliphatic heterocycles. The maximum atomic E-state index is 5.77. The molecular formula is C10H18O. The highest BCUT2D eigenvalue weighted by Gasteiger charge is 2.43. The molecule has 0 amide bonds. The third-order valence-electron chi connectivity index (χ3n) is 3.38. The molecule has 1 aliphatic carbocycles. The second-order valence-electron chi connectivity index (χ2n) is 4.73. The van der Waals surface area contributed by atoms with Gasteiger partial charge < -0.3 is 4.74 Å². The first-order chi connectivity index (χ1) is 5.20. The minimum atomic E-state index is 0.463. The predicted molar refractivity (Wildman–Crippen MR) is 45.5 cm³/mol. The second kappa shape index (κ2) is 2.48. The zero-order valence-corrected chi connectivity index (χ0v) is 7.60. The minimum Gasteiger partial charge on any atom is -0.377 e. The normalized spacial score (nSPS) is 42.0. The second-order valence-corrected chi connectivity index (χ2v) is 4.73. The lowest BCUT2D eigenvalue weighted by Gasteiger charge is -2.31. The Hall–Kier alpha value is -0.0400. The zero-order valence-electron chi connectivity index (χ0n) is 7.60. The summed E-state index contributed by atoms with van der Waals surface area (Å²) in [5.74, 6) is 0.858. The molecular weight excluding hydrogens is 136 g/mol. The molecule has 2 rings (SSSR count). The van der Waals surface area contributed by atoms with E-state index in [1.165, 1.54) is 25.7 Å². The lowest BCUT2D eigenvalue weighted by molar-refractivity contribution is 0.0662. The van der Waals surface area contributed by atoms with E-state index in [1.807, 2.05) is 0 Å². The molecule has 0 N–H and O–H groups in total. The van der Waals surface area contributed by atoms with E-state index in [-0.39, 0.29) is 0 Å². The van der Waals surface area contributed by atoms with Gasteiger partial charge in [-0.15, -0.1) is 0 Å². The fraction of sp³-hybridized carbons (Fsp3) is 1.00. The quantitative estimate of drug-likeness (QED) is 0.521. The molecule has 1 saturated heterocycles. The minimum absolute atomic E-state index is 0.463. The van der Waals surface area contributed by atoms with Gasteiger partial charge in [0.05, 0.1) is 12.7 Å². The fourth-order valence-electron chi connectivity index (χ4n) is 2.62. The number of hydrogen-bond acceptors (Lipinski definition) is 1. The van der Waals surface area contributed by atoms with E-state index < -0.39 is 0 Å². The van der Waals surface area contributed by atoms with E-state index >= 15 is 0 Å². The molecule has 0 aromatic heterocycles. The topological polar surface area (TPSA) is 9.23 Å². The van der Waals surface area contributed by atoms with Crippen molar-refractivity contribution in [2.75, 3.05) is 6.61 Å². The fourth-order valence-corrected chi connectivity index (χ4v) is 2.62. The van der Waals surface area contributed by atoms with E-state index in [1.54, 1.807) is 0 Å². The van der Waals surface area contributed by atoms with Crippen LogP contribution in [0.5, 0.6) is 0 Å². The summed E-state index contributed by atoms with van der Waals surface area (Å²) in [4.78, 5) is 0. The molecule has 1 heteroatoms. The van der Waals surface area contributed by atoms with Crippen molar-refractivity contribution in [3.63, 3.8) is 0 Å². The standard InChI is InChI=1S/C10H18O/c1-10(2)7-11-9-6-4-3-5-8(9)10/h8-9H,3-7H2,1-2H3/t8-,9+/m1/s1. The molecule has 1 nitrogen and oxygen atoms in total. The van der Waals surface area contributed by atoms with E-state index in [9.17, 15) is 0 Å². The third-order valence-corrected chi connectivity index (χ3v) is 3.38. The summed E-state index contributed by atoms with van der Waals surface area (Å²) in [6, 6.07) is 0. The smallest absolute Gasteiger partial charge is 0.0609 e. The van der Waals surface area contributed by atoms with Crippen LogP contribution in [0.15, 0.2) is 0 Å². The van der Waals surface area contributed by atoms with Crippen LogP contribution in [0.1, 0.15) is 39.5 Å². The molecule has 0 aromatic rings. The first kappa shape index (κ1) is 7.60. The average Bonchev–Trinajstić information content (AvgIpc) is 2.29. The van der Waals surface area contributed by atoms with Crippen molar-refractivity contribution in [2.45, 2.75) is 45.6 Å². The molecule has 0 unspecified atom stereocenters. The van der Waals surface area contributed by atoms with Gasteiger partial charge in [-0.05, 0) is 24.2 Å². The molecule has 1 saturated carbocycles. The Morgan fingerprint density at radius 1 is 1.18 bits per heavy atom. The van der Waals surface area contributed by atoms with Crippen molar-refractivity contribution in [3.8, 4) is 0 Å². The van der Waals surface area contributed by atoms with Crippen LogP contribution in [0.4, 0.5) is 0 Å². The largest absolute Gasteiger partial charge is 0.377 e. The summed E-state index contributed by atoms with van der Waals surface area (Å²) >= 11 is 0. The van der Waals surface area contributed by atoms with Gasteiger partial charge in [-0.25, -0.2) is 0 Å². The van der Waals surface area contributed by atoms with Crippen molar-refractivity contribution < 1.29 is 4.74 Å². The maximum Gasteiger partial charge on any atom is 0.0609 e. The van der Waals surface area contributed by atoms with E-state index in [2.05, 4.69) is 13.8 Å². The lowest BCUT2D eigenvalue weighted by Crippen LogP contribution is -2.29. The van der Waals surface area contributed by atoms with Gasteiger partial charge in [-0.2, -0.15) is 0 Å². The number of fused-ring (bicyclic) bond motifs is 1. The first-order valence-corrected chi connectivity index (χ1v) is 4.82. The Labute approximate surface area is 69.1 Å². The maximum absolute atomic E-state index is 5.77. The Kier molecular flexibility index (Phi) is 1.71. The van der Waals surface area contributed by atoms with Crippen molar-refractivity contribution in [1.29, 1.82) is 0 Å². The van der Waals surface area contributed by atoms with Crippen molar-refractivity contribution >= 4 is 0 Å². The number of hydrogen-bond donors (Lipinski definition) is 0. The summed E-state index contributed by atoms with van der Waals surface area (Å²) < 4.78 is 5.77. The van der Waals surface area contributed by atoms with Crippen LogP contribution in [0.25, 0.3) is 0 Å². The van der Waals surface area contributed by atoms with Gasteiger partial charge in [0.1, 0.15) is 0 Å². The molecule has 2 fully saturated rings. The van der Waals surface area contributed by atoms with Crippen LogP contribution in [-0.2, 0) is 4.74 Å². The highest BCUT2D eigenvalue weighted by atomic mass is 16.5. The van der Waals surface area contributed by atoms with Crippen molar-refractivity contribution in [1.82, 2.24) is 0 Å². The zero-order chi connectivity index (χ0) is 7.90. The van der Waals surface area contributed by atoms with Crippen LogP contribution in [-0.4, -0.2) is 12.7 Å². The molecule has 0 bridgehead atoms. The van der Waals surface area contributed by atoms with Crippen LogP contribution >= 0.6 is 0 Å². The van der Waals surface area contributed by atoms with Gasteiger partial charge in [-0.3, -0.25) is 0 Å². The van der Waals surface area contributed by atoms with E-state index in [0.29, 0.717) is 11.5 Å². The average molecular weight is 154 g/mol. The molecule has 1 heterocycles. The molecule has 64 valence electrons. The molecule has 0 radical (unpaired) electrons. The third kappa shape index (κ3) is 1.20. The van der Waals surface area contributed by atoms with E-state index in [0.717, 1.165) is 12.5 Å². The molecule has 0 aromatic carbocycles. The Morgan fingerprint density at radius 3 is 2.64 bits per heavy atom. The van der Waals surface area contributed by atoms with Gasteiger partial charge in [0, 0.05) is 0 Å². The van der Waals surface area contributed by atoms with Crippen molar-refractivity contribution in [3.05, 3.63) is 0 Å². The van der Waals surface area contributed by atoms with Gasteiger partial charge in [-0.1, -0.05) is 26.7 Å². The van der Waals surface area contributed by atoms with Crippen LogP contribution in [0.2, 0.25) is 0 Å². The number of rotatable bonds is 0. The summed E-state index contributed by atoms with van der Waals surface area (Å²) in [5, 5.41) is 0. The Bertz CT molecular complexity index is 151. The molecule has 2 atom stereocenters. The Balaban J connectivity index is 2.10. The van der Waals surface area contributed by atoms with Crippen LogP contribution in [0, 0.1) is 11.3 Å². The van der Waals surface area contributed by atoms with Gasteiger partial charge >= 0.3 is 0 Å². The number of ether oxygens (including phenoxy) is 1. The summed E-state index contributed by atoms with van der Waals surface area (Å²) in [6.07, 6.45) is 6.13. The summed E-state index contributed by atoms with van der Waals surface area (Å²) in [7, 11) is 0. The van der Waals surface area contributed by atoms with Crippen LogP contribution in [0.3, 0.4) is 0 Å². The first-order valence-electron chi connectivity index (χ1n) is 4.82. The molecule has 2 aliphatic rings. The van der Waals surface area contributed by atoms with E-state index in [4.69, 9.17) is 4.74 Å². The SMILES string of the molecule is CC1(C)CO[C@H]2CCCC[C@H]21. The molecule has 11 heavy (non-hydrogen) atoms. The monoisotopic (exact) mass is 154 g/mol. The van der Waals surface area contributed by atoms with Gasteiger partial charge in [0.25, 0.3) is 0 Å². The van der Waals surface area contributed by atoms with Crippen molar-refractivity contribution in [2.24, 2.45) is 11.3 Å². The highest BCUT2D eigenvalue weighted by molar-refractivity contribution is 4.92. The summed E-state index contributed by atoms with van der Waals surface area (Å²) in [6.45, 7) is 5.69. The lowest BCUT2D eigenvalue weighted by atomic mass is 9.72. The molecule has 0 spiro atoms. The van der Waals surface area contributed by atoms with Crippen LogP contribution < -0.4 is 0 Å². The van der Waals surface area contributed by atoms with Gasteiger partial charge in [0.15, 0.2) is 0 Å². The van der Waals surface area contributed by atoms with Gasteiger partial charge in [0.2, 0.25) is 0 Å².